The normalized spacial score (nSPS) is 15.9. The Morgan fingerprint density at radius 1 is 0.958 bits per heavy atom. The van der Waals surface area contributed by atoms with E-state index in [1.54, 1.807) is 13.8 Å². The number of aliphatic hydroxyl groups excluding tert-OH is 1. The highest BCUT2D eigenvalue weighted by atomic mass is 16.4. The average molecular weight is 347 g/mol. The Morgan fingerprint density at radius 2 is 1.46 bits per heavy atom. The Kier molecular flexibility index (Phi) is 8.93. The molecule has 0 fully saturated rings. The fourth-order valence-corrected chi connectivity index (χ4v) is 1.83. The van der Waals surface area contributed by atoms with Gasteiger partial charge in [0.25, 0.3) is 0 Å². The van der Waals surface area contributed by atoms with Crippen LogP contribution in [-0.4, -0.2) is 63.3 Å². The van der Waals surface area contributed by atoms with Crippen molar-refractivity contribution in [2.45, 2.75) is 57.8 Å². The lowest BCUT2D eigenvalue weighted by Crippen LogP contribution is -2.58. The molecule has 0 aromatic heterocycles. The van der Waals surface area contributed by atoms with E-state index in [9.17, 15) is 24.3 Å². The Bertz CT molecular complexity index is 479. The van der Waals surface area contributed by atoms with E-state index in [4.69, 9.17) is 15.9 Å². The smallest absolute Gasteiger partial charge is 0.326 e. The van der Waals surface area contributed by atoms with Gasteiger partial charge in [-0.1, -0.05) is 13.8 Å². The Labute approximate surface area is 139 Å². The van der Waals surface area contributed by atoms with Gasteiger partial charge in [-0.05, 0) is 19.3 Å². The van der Waals surface area contributed by atoms with Crippen molar-refractivity contribution in [2.75, 3.05) is 0 Å². The van der Waals surface area contributed by atoms with Gasteiger partial charge in [0, 0.05) is 6.42 Å². The van der Waals surface area contributed by atoms with Gasteiger partial charge < -0.3 is 31.7 Å². The molecular weight excluding hydrogens is 322 g/mol. The summed E-state index contributed by atoms with van der Waals surface area (Å²) in [5.41, 5.74) is 5.53. The molecular formula is C14H25N3O7. The van der Waals surface area contributed by atoms with Gasteiger partial charge in [0.05, 0.1) is 12.1 Å². The minimum atomic E-state index is -1.41. The van der Waals surface area contributed by atoms with E-state index in [2.05, 4.69) is 10.6 Å². The quantitative estimate of drug-likeness (QED) is 0.270. The van der Waals surface area contributed by atoms with Crippen molar-refractivity contribution in [3.05, 3.63) is 0 Å². The van der Waals surface area contributed by atoms with Crippen molar-refractivity contribution in [2.24, 2.45) is 11.7 Å². The lowest BCUT2D eigenvalue weighted by molar-refractivity contribution is -0.144. The molecule has 0 aliphatic heterocycles. The Balaban J connectivity index is 4.90. The summed E-state index contributed by atoms with van der Waals surface area (Å²) in [6.07, 6.45) is -1.77. The fourth-order valence-electron chi connectivity index (χ4n) is 1.83. The summed E-state index contributed by atoms with van der Waals surface area (Å²) in [7, 11) is 0. The summed E-state index contributed by atoms with van der Waals surface area (Å²) in [6.45, 7) is 4.44. The first kappa shape index (κ1) is 21.8. The predicted octanol–water partition coefficient (Wildman–Crippen LogP) is -1.73. The number of nitrogens with one attached hydrogen (secondary N) is 2. The molecule has 10 heteroatoms. The molecule has 0 rings (SSSR count). The number of nitrogens with two attached hydrogens (primary N) is 1. The Hall–Kier alpha value is -2.20. The standard InChI is InChI=1S/C14H25N3O7/c1-6(2)10(14(23)24)16-13(22)11(7(3)18)17-12(21)8(15)4-5-9(19)20/h6-8,10-11,18H,4-5,15H2,1-3H3,(H,16,22)(H,17,21)(H,19,20)(H,23,24)/t7-,8+,10+,11+/m1/s1. The van der Waals surface area contributed by atoms with Crippen LogP contribution in [0.5, 0.6) is 0 Å². The molecule has 2 amide bonds. The van der Waals surface area contributed by atoms with Gasteiger partial charge in [0.2, 0.25) is 11.8 Å². The molecule has 0 aromatic rings. The minimum Gasteiger partial charge on any atom is -0.481 e. The van der Waals surface area contributed by atoms with Crippen LogP contribution in [0.1, 0.15) is 33.6 Å². The van der Waals surface area contributed by atoms with Crippen LogP contribution in [0.15, 0.2) is 0 Å². The molecule has 0 spiro atoms. The van der Waals surface area contributed by atoms with Gasteiger partial charge in [-0.2, -0.15) is 0 Å². The SMILES string of the molecule is CC(C)[C@H](NC(=O)[C@@H](NC(=O)[C@@H](N)CCC(=O)O)[C@@H](C)O)C(=O)O. The number of rotatable bonds is 10. The number of carbonyl (C=O) groups is 4. The molecule has 4 atom stereocenters. The number of carbonyl (C=O) groups excluding carboxylic acids is 2. The second kappa shape index (κ2) is 9.83. The molecule has 24 heavy (non-hydrogen) atoms. The topological polar surface area (TPSA) is 179 Å². The van der Waals surface area contributed by atoms with Crippen molar-refractivity contribution in [1.29, 1.82) is 0 Å². The predicted molar refractivity (Wildman–Crippen MR) is 82.9 cm³/mol. The summed E-state index contributed by atoms with van der Waals surface area (Å²) in [5, 5.41) is 31.7. The van der Waals surface area contributed by atoms with Gasteiger partial charge >= 0.3 is 11.9 Å². The number of hydrogen-bond acceptors (Lipinski definition) is 6. The van der Waals surface area contributed by atoms with Gasteiger partial charge in [-0.3, -0.25) is 14.4 Å². The zero-order valence-corrected chi connectivity index (χ0v) is 13.9. The van der Waals surface area contributed by atoms with Gasteiger partial charge in [-0.25, -0.2) is 4.79 Å². The van der Waals surface area contributed by atoms with Crippen LogP contribution in [0.25, 0.3) is 0 Å². The zero-order valence-electron chi connectivity index (χ0n) is 13.9. The highest BCUT2D eigenvalue weighted by molar-refractivity contribution is 5.92. The molecule has 0 unspecified atom stereocenters. The second-order valence-corrected chi connectivity index (χ2v) is 5.83. The number of amides is 2. The van der Waals surface area contributed by atoms with Crippen LogP contribution in [0.4, 0.5) is 0 Å². The minimum absolute atomic E-state index is 0.140. The number of carboxylic acids is 2. The van der Waals surface area contributed by atoms with Crippen molar-refractivity contribution >= 4 is 23.8 Å². The third kappa shape index (κ3) is 7.38. The van der Waals surface area contributed by atoms with Crippen LogP contribution >= 0.6 is 0 Å². The first-order valence-corrected chi connectivity index (χ1v) is 7.46. The third-order valence-electron chi connectivity index (χ3n) is 3.30. The molecule has 0 heterocycles. The van der Waals surface area contributed by atoms with E-state index in [0.29, 0.717) is 0 Å². The molecule has 0 radical (unpaired) electrons. The number of aliphatic hydroxyl groups is 1. The van der Waals surface area contributed by atoms with E-state index in [1.807, 2.05) is 0 Å². The lowest BCUT2D eigenvalue weighted by Gasteiger charge is -2.25. The molecule has 0 saturated carbocycles. The van der Waals surface area contributed by atoms with E-state index < -0.39 is 53.9 Å². The summed E-state index contributed by atoms with van der Waals surface area (Å²) in [4.78, 5) is 45.6. The van der Waals surface area contributed by atoms with Gasteiger partial charge in [0.1, 0.15) is 12.1 Å². The summed E-state index contributed by atoms with van der Waals surface area (Å²) in [6, 6.07) is -3.76. The molecule has 0 aromatic carbocycles. The van der Waals surface area contributed by atoms with E-state index in [1.165, 1.54) is 6.92 Å². The average Bonchev–Trinajstić information content (AvgIpc) is 2.45. The Morgan fingerprint density at radius 3 is 1.83 bits per heavy atom. The largest absolute Gasteiger partial charge is 0.481 e. The van der Waals surface area contributed by atoms with Crippen LogP contribution in [0.3, 0.4) is 0 Å². The van der Waals surface area contributed by atoms with Crippen LogP contribution in [0, 0.1) is 5.92 Å². The van der Waals surface area contributed by atoms with Crippen LogP contribution in [0.2, 0.25) is 0 Å². The summed E-state index contributed by atoms with van der Waals surface area (Å²) < 4.78 is 0. The lowest BCUT2D eigenvalue weighted by atomic mass is 10.0. The number of hydrogen-bond donors (Lipinski definition) is 6. The highest BCUT2D eigenvalue weighted by Crippen LogP contribution is 2.04. The van der Waals surface area contributed by atoms with Crippen molar-refractivity contribution in [3.8, 4) is 0 Å². The summed E-state index contributed by atoms with van der Waals surface area (Å²) in [5.74, 6) is -4.45. The van der Waals surface area contributed by atoms with Crippen molar-refractivity contribution in [1.82, 2.24) is 10.6 Å². The first-order valence-electron chi connectivity index (χ1n) is 7.46. The molecule has 10 nitrogen and oxygen atoms in total. The maximum Gasteiger partial charge on any atom is 0.326 e. The molecule has 0 bridgehead atoms. The maximum absolute atomic E-state index is 12.1. The van der Waals surface area contributed by atoms with Crippen LogP contribution < -0.4 is 16.4 Å². The molecule has 0 aliphatic carbocycles. The van der Waals surface area contributed by atoms with E-state index in [0.717, 1.165) is 0 Å². The third-order valence-corrected chi connectivity index (χ3v) is 3.30. The van der Waals surface area contributed by atoms with Gasteiger partial charge in [-0.15, -0.1) is 0 Å². The fraction of sp³-hybridized carbons (Fsp3) is 0.714. The monoisotopic (exact) mass is 347 g/mol. The zero-order chi connectivity index (χ0) is 19.0. The number of carboxylic acid groups (broad SMARTS) is 2. The van der Waals surface area contributed by atoms with Crippen molar-refractivity contribution < 1.29 is 34.5 Å². The molecule has 7 N–H and O–H groups in total. The summed E-state index contributed by atoms with van der Waals surface area (Å²) >= 11 is 0. The van der Waals surface area contributed by atoms with E-state index >= 15 is 0 Å². The van der Waals surface area contributed by atoms with Crippen LogP contribution in [-0.2, 0) is 19.2 Å². The maximum atomic E-state index is 12.1. The van der Waals surface area contributed by atoms with Crippen molar-refractivity contribution in [3.63, 3.8) is 0 Å². The second-order valence-electron chi connectivity index (χ2n) is 5.83. The number of aliphatic carboxylic acids is 2. The molecule has 138 valence electrons. The highest BCUT2D eigenvalue weighted by Gasteiger charge is 2.32. The van der Waals surface area contributed by atoms with Gasteiger partial charge in [0.15, 0.2) is 0 Å². The molecule has 0 saturated heterocycles. The first-order chi connectivity index (χ1) is 11.0. The molecule has 0 aliphatic rings. The van der Waals surface area contributed by atoms with E-state index in [-0.39, 0.29) is 12.8 Å².